The van der Waals surface area contributed by atoms with Gasteiger partial charge in [0.2, 0.25) is 0 Å². The van der Waals surface area contributed by atoms with Crippen LogP contribution in [0.25, 0.3) is 0 Å². The van der Waals surface area contributed by atoms with Gasteiger partial charge < -0.3 is 5.73 Å². The van der Waals surface area contributed by atoms with Gasteiger partial charge in [-0.1, -0.05) is 12.1 Å². The summed E-state index contributed by atoms with van der Waals surface area (Å²) in [7, 11) is 2.09. The fourth-order valence-electron chi connectivity index (χ4n) is 1.91. The number of hydrogen-bond acceptors (Lipinski definition) is 3. The van der Waals surface area contributed by atoms with E-state index in [9.17, 15) is 0 Å². The molecule has 0 spiro atoms. The number of hydrogen-bond donors (Lipinski definition) is 1. The van der Waals surface area contributed by atoms with E-state index in [1.165, 1.54) is 11.1 Å². The molecule has 0 unspecified atom stereocenters. The van der Waals surface area contributed by atoms with Crippen LogP contribution in [0.3, 0.4) is 0 Å². The zero-order valence-corrected chi connectivity index (χ0v) is 11.9. The average Bonchev–Trinajstić information content (AvgIpc) is 2.28. The number of nitrogens with two attached hydrogens (primary N) is 1. The molecule has 0 bridgehead atoms. The second-order valence-corrected chi connectivity index (χ2v) is 5.34. The summed E-state index contributed by atoms with van der Waals surface area (Å²) in [6, 6.07) is 10.1. The van der Waals surface area contributed by atoms with Crippen molar-refractivity contribution in [3.8, 4) is 0 Å². The van der Waals surface area contributed by atoms with Gasteiger partial charge in [-0.25, -0.2) is 0 Å². The number of aromatic nitrogens is 1. The van der Waals surface area contributed by atoms with Gasteiger partial charge in [-0.15, -0.1) is 0 Å². The normalized spacial score (nSPS) is 10.8. The zero-order chi connectivity index (χ0) is 13.0. The van der Waals surface area contributed by atoms with E-state index in [1.54, 1.807) is 6.20 Å². The van der Waals surface area contributed by atoms with E-state index in [1.807, 2.05) is 24.4 Å². The SMILES string of the molecule is CN(Cc1cccc(N)c1)Cc1cncc(Br)c1. The number of pyridine rings is 1. The lowest BCUT2D eigenvalue weighted by atomic mass is 10.2. The summed E-state index contributed by atoms with van der Waals surface area (Å²) in [5, 5.41) is 0. The van der Waals surface area contributed by atoms with Crippen molar-refractivity contribution in [3.63, 3.8) is 0 Å². The first-order valence-corrected chi connectivity index (χ1v) is 6.55. The van der Waals surface area contributed by atoms with Crippen LogP contribution in [0.5, 0.6) is 0 Å². The Hall–Kier alpha value is -1.39. The molecular weight excluding hydrogens is 290 g/mol. The number of benzene rings is 1. The quantitative estimate of drug-likeness (QED) is 0.883. The topological polar surface area (TPSA) is 42.1 Å². The Morgan fingerprint density at radius 3 is 2.67 bits per heavy atom. The molecule has 4 heteroatoms. The lowest BCUT2D eigenvalue weighted by Gasteiger charge is -2.17. The molecule has 0 saturated heterocycles. The van der Waals surface area contributed by atoms with Crippen molar-refractivity contribution in [2.24, 2.45) is 0 Å². The predicted molar refractivity (Wildman–Crippen MR) is 78.0 cm³/mol. The molecule has 2 aromatic rings. The Labute approximate surface area is 116 Å². The van der Waals surface area contributed by atoms with Crippen LogP contribution in [0.2, 0.25) is 0 Å². The van der Waals surface area contributed by atoms with Crippen LogP contribution in [0, 0.1) is 0 Å². The van der Waals surface area contributed by atoms with Gasteiger partial charge >= 0.3 is 0 Å². The predicted octanol–water partition coefficient (Wildman–Crippen LogP) is 3.06. The second-order valence-electron chi connectivity index (χ2n) is 4.43. The largest absolute Gasteiger partial charge is 0.399 e. The van der Waals surface area contributed by atoms with Crippen LogP contribution in [0.15, 0.2) is 47.2 Å². The van der Waals surface area contributed by atoms with Crippen LogP contribution in [-0.2, 0) is 13.1 Å². The Kier molecular flexibility index (Phi) is 4.33. The molecular formula is C14H16BrN3. The van der Waals surface area contributed by atoms with Crippen molar-refractivity contribution in [3.05, 3.63) is 58.3 Å². The van der Waals surface area contributed by atoms with Gasteiger partial charge in [0.05, 0.1) is 0 Å². The molecule has 94 valence electrons. The average molecular weight is 306 g/mol. The molecule has 0 amide bonds. The van der Waals surface area contributed by atoms with E-state index < -0.39 is 0 Å². The molecule has 0 atom stereocenters. The third-order valence-electron chi connectivity index (χ3n) is 2.62. The van der Waals surface area contributed by atoms with Gasteiger partial charge in [0.15, 0.2) is 0 Å². The summed E-state index contributed by atoms with van der Waals surface area (Å²) in [4.78, 5) is 6.40. The lowest BCUT2D eigenvalue weighted by Crippen LogP contribution is -2.17. The number of halogens is 1. The monoisotopic (exact) mass is 305 g/mol. The minimum absolute atomic E-state index is 0.810. The van der Waals surface area contributed by atoms with E-state index in [0.717, 1.165) is 23.2 Å². The molecule has 0 radical (unpaired) electrons. The first kappa shape index (κ1) is 13.1. The van der Waals surface area contributed by atoms with E-state index in [2.05, 4.69) is 45.0 Å². The van der Waals surface area contributed by atoms with Gasteiger partial charge in [-0.05, 0) is 52.3 Å². The van der Waals surface area contributed by atoms with Gasteiger partial charge in [-0.2, -0.15) is 0 Å². The Morgan fingerprint density at radius 1 is 1.17 bits per heavy atom. The molecule has 0 aliphatic rings. The summed E-state index contributed by atoms with van der Waals surface area (Å²) in [5.41, 5.74) is 9.00. The number of nitrogen functional groups attached to an aromatic ring is 1. The highest BCUT2D eigenvalue weighted by Gasteiger charge is 2.03. The maximum absolute atomic E-state index is 5.77. The van der Waals surface area contributed by atoms with Gasteiger partial charge in [0, 0.05) is 35.6 Å². The van der Waals surface area contributed by atoms with Crippen molar-refractivity contribution in [1.82, 2.24) is 9.88 Å². The highest BCUT2D eigenvalue weighted by Crippen LogP contribution is 2.13. The van der Waals surface area contributed by atoms with E-state index >= 15 is 0 Å². The number of anilines is 1. The fraction of sp³-hybridized carbons (Fsp3) is 0.214. The summed E-state index contributed by atoms with van der Waals surface area (Å²) < 4.78 is 1.01. The highest BCUT2D eigenvalue weighted by atomic mass is 79.9. The molecule has 0 aliphatic carbocycles. The van der Waals surface area contributed by atoms with Crippen LogP contribution >= 0.6 is 15.9 Å². The summed E-state index contributed by atoms with van der Waals surface area (Å²) in [6.45, 7) is 1.73. The number of nitrogens with zero attached hydrogens (tertiary/aromatic N) is 2. The van der Waals surface area contributed by atoms with Crippen molar-refractivity contribution >= 4 is 21.6 Å². The molecule has 18 heavy (non-hydrogen) atoms. The smallest absolute Gasteiger partial charge is 0.0410 e. The summed E-state index contributed by atoms with van der Waals surface area (Å²) in [6.07, 6.45) is 3.68. The van der Waals surface area contributed by atoms with Crippen LogP contribution in [-0.4, -0.2) is 16.9 Å². The zero-order valence-electron chi connectivity index (χ0n) is 10.3. The van der Waals surface area contributed by atoms with E-state index in [4.69, 9.17) is 5.73 Å². The molecule has 0 aliphatic heterocycles. The molecule has 1 heterocycles. The maximum Gasteiger partial charge on any atom is 0.0410 e. The third kappa shape index (κ3) is 3.82. The molecule has 1 aromatic heterocycles. The van der Waals surface area contributed by atoms with Gasteiger partial charge in [-0.3, -0.25) is 9.88 Å². The fourth-order valence-corrected chi connectivity index (χ4v) is 2.33. The van der Waals surface area contributed by atoms with Crippen LogP contribution in [0.1, 0.15) is 11.1 Å². The molecule has 0 saturated carbocycles. The maximum atomic E-state index is 5.77. The highest BCUT2D eigenvalue weighted by molar-refractivity contribution is 9.10. The lowest BCUT2D eigenvalue weighted by molar-refractivity contribution is 0.318. The Morgan fingerprint density at radius 2 is 1.94 bits per heavy atom. The van der Waals surface area contributed by atoms with E-state index in [0.29, 0.717) is 0 Å². The van der Waals surface area contributed by atoms with Gasteiger partial charge in [0.1, 0.15) is 0 Å². The first-order valence-electron chi connectivity index (χ1n) is 5.76. The third-order valence-corrected chi connectivity index (χ3v) is 3.05. The molecule has 2 rings (SSSR count). The molecule has 1 aromatic carbocycles. The molecule has 3 nitrogen and oxygen atoms in total. The summed E-state index contributed by atoms with van der Waals surface area (Å²) >= 11 is 3.43. The van der Waals surface area contributed by atoms with Crippen molar-refractivity contribution in [1.29, 1.82) is 0 Å². The van der Waals surface area contributed by atoms with Crippen LogP contribution < -0.4 is 5.73 Å². The van der Waals surface area contributed by atoms with Crippen molar-refractivity contribution < 1.29 is 0 Å². The molecule has 0 fully saturated rings. The van der Waals surface area contributed by atoms with Crippen LogP contribution in [0.4, 0.5) is 5.69 Å². The standard InChI is InChI=1S/C14H16BrN3/c1-18(9-11-3-2-4-14(16)6-11)10-12-5-13(15)8-17-7-12/h2-8H,9-10,16H2,1H3. The minimum Gasteiger partial charge on any atom is -0.399 e. The molecule has 2 N–H and O–H groups in total. The minimum atomic E-state index is 0.810. The first-order chi connectivity index (χ1) is 8.63. The second kappa shape index (κ2) is 5.98. The Balaban J connectivity index is 1.98. The van der Waals surface area contributed by atoms with E-state index in [-0.39, 0.29) is 0 Å². The van der Waals surface area contributed by atoms with Gasteiger partial charge in [0.25, 0.3) is 0 Å². The summed E-state index contributed by atoms with van der Waals surface area (Å²) in [5.74, 6) is 0. The van der Waals surface area contributed by atoms with Crippen molar-refractivity contribution in [2.75, 3.05) is 12.8 Å². The Bertz CT molecular complexity index is 480. The van der Waals surface area contributed by atoms with Crippen molar-refractivity contribution in [2.45, 2.75) is 13.1 Å². The number of rotatable bonds is 4.